The highest BCUT2D eigenvalue weighted by Gasteiger charge is 2.30. The molecule has 0 aliphatic heterocycles. The first kappa shape index (κ1) is 17.1. The molecule has 4 nitrogen and oxygen atoms in total. The molecule has 1 aromatic carbocycles. The maximum atomic E-state index is 12.7. The van der Waals surface area contributed by atoms with Crippen LogP contribution < -0.4 is 5.32 Å². The van der Waals surface area contributed by atoms with Crippen LogP contribution in [0, 0.1) is 0 Å². The van der Waals surface area contributed by atoms with E-state index in [4.69, 9.17) is 0 Å². The van der Waals surface area contributed by atoms with E-state index in [9.17, 15) is 18.0 Å². The Morgan fingerprint density at radius 3 is 2.78 bits per heavy atom. The molecular weight excluding hydrogens is 307 g/mol. The van der Waals surface area contributed by atoms with Crippen molar-refractivity contribution < 1.29 is 18.0 Å². The molecule has 2 rings (SSSR count). The molecule has 1 aromatic heterocycles. The Bertz CT molecular complexity index is 638. The highest BCUT2D eigenvalue weighted by atomic mass is 19.4. The third kappa shape index (κ3) is 5.12. The number of amides is 1. The Hall–Kier alpha value is -2.31. The number of halogens is 3. The first-order valence-corrected chi connectivity index (χ1v) is 7.30. The van der Waals surface area contributed by atoms with Gasteiger partial charge < -0.3 is 5.32 Å². The number of benzene rings is 1. The van der Waals surface area contributed by atoms with Gasteiger partial charge in [0.25, 0.3) is 0 Å². The zero-order chi connectivity index (χ0) is 16.9. The second-order valence-corrected chi connectivity index (χ2v) is 5.29. The highest BCUT2D eigenvalue weighted by molar-refractivity contribution is 5.76. The number of hydrogen-bond acceptors (Lipinski definition) is 2. The Balaban J connectivity index is 1.86. The van der Waals surface area contributed by atoms with Gasteiger partial charge in [-0.2, -0.15) is 18.3 Å². The molecule has 0 saturated heterocycles. The van der Waals surface area contributed by atoms with Gasteiger partial charge in [-0.1, -0.05) is 12.1 Å². The lowest BCUT2D eigenvalue weighted by Gasteiger charge is -2.16. The number of alkyl halides is 3. The van der Waals surface area contributed by atoms with Crippen LogP contribution in [0.25, 0.3) is 0 Å². The van der Waals surface area contributed by atoms with Gasteiger partial charge in [0.05, 0.1) is 11.6 Å². The Morgan fingerprint density at radius 2 is 2.13 bits per heavy atom. The summed E-state index contributed by atoms with van der Waals surface area (Å²) in [6.45, 7) is 2.29. The van der Waals surface area contributed by atoms with Gasteiger partial charge in [0.1, 0.15) is 0 Å². The Labute approximate surface area is 132 Å². The molecule has 0 bridgehead atoms. The molecule has 0 aliphatic carbocycles. The van der Waals surface area contributed by atoms with Crippen LogP contribution in [0.2, 0.25) is 0 Å². The average Bonchev–Trinajstić information content (AvgIpc) is 2.99. The lowest BCUT2D eigenvalue weighted by atomic mass is 10.0. The number of aromatic nitrogens is 2. The standard InChI is InChI=1S/C16H18F3N3O/c1-12(13-5-2-6-14(11-13)16(17,18)19)21-15(23)7-3-9-22-10-4-8-20-22/h2,4-6,8,10-12H,3,7,9H2,1H3,(H,21,23)/t12-/m0/s1. The molecule has 0 radical (unpaired) electrons. The van der Waals surface area contributed by atoms with Crippen molar-refractivity contribution in [3.63, 3.8) is 0 Å². The van der Waals surface area contributed by atoms with Crippen LogP contribution in [0.15, 0.2) is 42.7 Å². The van der Waals surface area contributed by atoms with Crippen LogP contribution >= 0.6 is 0 Å². The summed E-state index contributed by atoms with van der Waals surface area (Å²) in [5, 5.41) is 6.75. The second kappa shape index (κ2) is 7.30. The van der Waals surface area contributed by atoms with Gasteiger partial charge in [0.15, 0.2) is 0 Å². The Kier molecular flexibility index (Phi) is 5.41. The predicted molar refractivity (Wildman–Crippen MR) is 79.5 cm³/mol. The number of carbonyl (C=O) groups excluding carboxylic acids is 1. The lowest BCUT2D eigenvalue weighted by Crippen LogP contribution is -2.26. The number of carbonyl (C=O) groups is 1. The molecule has 0 saturated carbocycles. The molecule has 7 heteroatoms. The monoisotopic (exact) mass is 325 g/mol. The fourth-order valence-electron chi connectivity index (χ4n) is 2.22. The van der Waals surface area contributed by atoms with E-state index in [-0.39, 0.29) is 5.91 Å². The molecule has 0 spiro atoms. The minimum Gasteiger partial charge on any atom is -0.350 e. The van der Waals surface area contributed by atoms with E-state index in [0.717, 1.165) is 12.1 Å². The molecule has 1 N–H and O–H groups in total. The van der Waals surface area contributed by atoms with Crippen molar-refractivity contribution in [3.05, 3.63) is 53.9 Å². The smallest absolute Gasteiger partial charge is 0.350 e. The molecule has 23 heavy (non-hydrogen) atoms. The molecular formula is C16H18F3N3O. The quantitative estimate of drug-likeness (QED) is 0.883. The van der Waals surface area contributed by atoms with Crippen LogP contribution in [0.1, 0.15) is 36.9 Å². The zero-order valence-electron chi connectivity index (χ0n) is 12.7. The summed E-state index contributed by atoms with van der Waals surface area (Å²) in [6, 6.07) is 6.32. The Morgan fingerprint density at radius 1 is 1.35 bits per heavy atom. The summed E-state index contributed by atoms with van der Waals surface area (Å²) in [5.41, 5.74) is -0.282. The molecule has 0 aliphatic rings. The van der Waals surface area contributed by atoms with Crippen LogP contribution in [-0.2, 0) is 17.5 Å². The summed E-state index contributed by atoms with van der Waals surface area (Å²) in [7, 11) is 0. The molecule has 0 unspecified atom stereocenters. The van der Waals surface area contributed by atoms with Crippen molar-refractivity contribution in [1.29, 1.82) is 0 Å². The molecule has 2 aromatic rings. The van der Waals surface area contributed by atoms with Gasteiger partial charge in [-0.3, -0.25) is 9.48 Å². The van der Waals surface area contributed by atoms with E-state index >= 15 is 0 Å². The summed E-state index contributed by atoms with van der Waals surface area (Å²) < 4.78 is 39.8. The third-order valence-electron chi connectivity index (χ3n) is 3.44. The van der Waals surface area contributed by atoms with Gasteiger partial charge >= 0.3 is 6.18 Å². The van der Waals surface area contributed by atoms with Crippen molar-refractivity contribution in [3.8, 4) is 0 Å². The molecule has 124 valence electrons. The van der Waals surface area contributed by atoms with Crippen LogP contribution in [-0.4, -0.2) is 15.7 Å². The van der Waals surface area contributed by atoms with E-state index in [1.54, 1.807) is 29.9 Å². The summed E-state index contributed by atoms with van der Waals surface area (Å²) in [5.74, 6) is -0.193. The third-order valence-corrected chi connectivity index (χ3v) is 3.44. The van der Waals surface area contributed by atoms with Gasteiger partial charge in [0, 0.05) is 25.4 Å². The minimum atomic E-state index is -4.39. The number of hydrogen-bond donors (Lipinski definition) is 1. The summed E-state index contributed by atoms with van der Waals surface area (Å²) in [4.78, 5) is 11.9. The lowest BCUT2D eigenvalue weighted by molar-refractivity contribution is -0.137. The molecule has 1 heterocycles. The van der Waals surface area contributed by atoms with Crippen molar-refractivity contribution in [1.82, 2.24) is 15.1 Å². The van der Waals surface area contributed by atoms with Crippen LogP contribution in [0.4, 0.5) is 13.2 Å². The minimum absolute atomic E-state index is 0.193. The highest BCUT2D eigenvalue weighted by Crippen LogP contribution is 2.30. The normalized spacial score (nSPS) is 12.9. The fraction of sp³-hybridized carbons (Fsp3) is 0.375. The molecule has 1 atom stereocenters. The van der Waals surface area contributed by atoms with Gasteiger partial charge in [0.2, 0.25) is 5.91 Å². The van der Waals surface area contributed by atoms with E-state index in [1.165, 1.54) is 6.07 Å². The van der Waals surface area contributed by atoms with Gasteiger partial charge in [-0.15, -0.1) is 0 Å². The van der Waals surface area contributed by atoms with Gasteiger partial charge in [-0.05, 0) is 37.1 Å². The van der Waals surface area contributed by atoms with Crippen molar-refractivity contribution in [2.75, 3.05) is 0 Å². The fourth-order valence-corrected chi connectivity index (χ4v) is 2.22. The van der Waals surface area contributed by atoms with Crippen molar-refractivity contribution >= 4 is 5.91 Å². The average molecular weight is 325 g/mol. The molecule has 0 fully saturated rings. The van der Waals surface area contributed by atoms with Gasteiger partial charge in [-0.25, -0.2) is 0 Å². The maximum Gasteiger partial charge on any atom is 0.416 e. The first-order valence-electron chi connectivity index (χ1n) is 7.30. The topological polar surface area (TPSA) is 46.9 Å². The van der Waals surface area contributed by atoms with Crippen molar-refractivity contribution in [2.45, 2.75) is 38.5 Å². The first-order chi connectivity index (χ1) is 10.9. The number of rotatable bonds is 6. The predicted octanol–water partition coefficient (Wildman–Crippen LogP) is 3.56. The second-order valence-electron chi connectivity index (χ2n) is 5.29. The number of nitrogens with one attached hydrogen (secondary N) is 1. The van der Waals surface area contributed by atoms with E-state index in [2.05, 4.69) is 10.4 Å². The van der Waals surface area contributed by atoms with Crippen molar-refractivity contribution in [2.24, 2.45) is 0 Å². The van der Waals surface area contributed by atoms with Crippen LogP contribution in [0.3, 0.4) is 0 Å². The summed E-state index contributed by atoms with van der Waals surface area (Å²) >= 11 is 0. The van der Waals surface area contributed by atoms with Crippen LogP contribution in [0.5, 0.6) is 0 Å². The SMILES string of the molecule is C[C@H](NC(=O)CCCn1cccn1)c1cccc(C(F)(F)F)c1. The van der Waals surface area contributed by atoms with E-state index < -0.39 is 17.8 Å². The number of aryl methyl sites for hydroxylation is 1. The maximum absolute atomic E-state index is 12.7. The van der Waals surface area contributed by atoms with E-state index in [0.29, 0.717) is 24.9 Å². The van der Waals surface area contributed by atoms with E-state index in [1.807, 2.05) is 6.20 Å². The molecule has 1 amide bonds. The zero-order valence-corrected chi connectivity index (χ0v) is 12.7. The largest absolute Gasteiger partial charge is 0.416 e. The summed E-state index contributed by atoms with van der Waals surface area (Å²) in [6.07, 6.45) is -0.00552. The number of nitrogens with zero attached hydrogens (tertiary/aromatic N) is 2.